The number of rotatable bonds is 1. The average Bonchev–Trinajstić information content (AvgIpc) is 2.57. The standard InChI is InChI=1S/C9H7ClF3N3O/c1-2-8(9(11,12)13)4-16-6(17)3-5(10)14-7(16)15-8/h2-3H,1,4H2,(H,14,15)/t8-/m0/s1. The minimum Gasteiger partial charge on any atom is -0.337 e. The number of anilines is 1. The first-order chi connectivity index (χ1) is 7.79. The highest BCUT2D eigenvalue weighted by Crippen LogP contribution is 2.39. The molecule has 0 fully saturated rings. The monoisotopic (exact) mass is 265 g/mol. The summed E-state index contributed by atoms with van der Waals surface area (Å²) in [4.78, 5) is 15.1. The van der Waals surface area contributed by atoms with Gasteiger partial charge in [0.05, 0.1) is 6.54 Å². The minimum absolute atomic E-state index is 0.157. The molecule has 1 aromatic rings. The smallest absolute Gasteiger partial charge is 0.337 e. The van der Waals surface area contributed by atoms with Gasteiger partial charge >= 0.3 is 6.18 Å². The van der Waals surface area contributed by atoms with Crippen LogP contribution in [0.2, 0.25) is 5.15 Å². The van der Waals surface area contributed by atoms with Gasteiger partial charge in [0.1, 0.15) is 5.15 Å². The van der Waals surface area contributed by atoms with Gasteiger partial charge in [0.25, 0.3) is 5.56 Å². The molecule has 4 nitrogen and oxygen atoms in total. The van der Waals surface area contributed by atoms with Crippen LogP contribution in [0.5, 0.6) is 0 Å². The highest BCUT2D eigenvalue weighted by molar-refractivity contribution is 6.29. The van der Waals surface area contributed by atoms with Crippen molar-refractivity contribution in [3.8, 4) is 0 Å². The average molecular weight is 266 g/mol. The van der Waals surface area contributed by atoms with E-state index in [1.54, 1.807) is 0 Å². The number of nitrogens with zero attached hydrogens (tertiary/aromatic N) is 2. The van der Waals surface area contributed by atoms with Crippen LogP contribution in [0.1, 0.15) is 0 Å². The third-order valence-corrected chi connectivity index (χ3v) is 2.77. The Bertz CT molecular complexity index is 539. The molecule has 1 aromatic heterocycles. The van der Waals surface area contributed by atoms with E-state index in [-0.39, 0.29) is 11.1 Å². The Morgan fingerprint density at radius 1 is 1.65 bits per heavy atom. The molecule has 17 heavy (non-hydrogen) atoms. The molecule has 0 bridgehead atoms. The number of alkyl halides is 3. The van der Waals surface area contributed by atoms with Crippen LogP contribution >= 0.6 is 11.6 Å². The zero-order valence-electron chi connectivity index (χ0n) is 8.38. The fourth-order valence-corrected chi connectivity index (χ4v) is 1.78. The Morgan fingerprint density at radius 3 is 2.82 bits per heavy atom. The second-order valence-electron chi connectivity index (χ2n) is 3.63. The molecule has 92 valence electrons. The zero-order chi connectivity index (χ0) is 12.8. The molecule has 0 saturated heterocycles. The fraction of sp³-hybridized carbons (Fsp3) is 0.333. The SMILES string of the molecule is C=C[C@@]1(C(F)(F)F)Cn2c(nc(Cl)cc2=O)N1. The molecular formula is C9H7ClF3N3O. The van der Waals surface area contributed by atoms with Gasteiger partial charge in [-0.25, -0.2) is 4.98 Å². The molecule has 0 aromatic carbocycles. The van der Waals surface area contributed by atoms with Gasteiger partial charge in [0.2, 0.25) is 5.95 Å². The molecule has 8 heteroatoms. The molecule has 2 rings (SSSR count). The van der Waals surface area contributed by atoms with Crippen molar-refractivity contribution in [3.63, 3.8) is 0 Å². The molecule has 0 saturated carbocycles. The lowest BCUT2D eigenvalue weighted by molar-refractivity contribution is -0.165. The number of hydrogen-bond donors (Lipinski definition) is 1. The van der Waals surface area contributed by atoms with E-state index in [1.807, 2.05) is 0 Å². The van der Waals surface area contributed by atoms with Crippen LogP contribution in [0.15, 0.2) is 23.5 Å². The van der Waals surface area contributed by atoms with Crippen LogP contribution in [0.4, 0.5) is 19.1 Å². The van der Waals surface area contributed by atoms with Gasteiger partial charge in [0.15, 0.2) is 5.54 Å². The van der Waals surface area contributed by atoms with Crippen LogP contribution in [0.25, 0.3) is 0 Å². The largest absolute Gasteiger partial charge is 0.416 e. The molecular weight excluding hydrogens is 259 g/mol. The summed E-state index contributed by atoms with van der Waals surface area (Å²) < 4.78 is 39.6. The first-order valence-electron chi connectivity index (χ1n) is 4.55. The second kappa shape index (κ2) is 3.49. The molecule has 1 aliphatic rings. The predicted molar refractivity (Wildman–Crippen MR) is 56.1 cm³/mol. The van der Waals surface area contributed by atoms with Crippen molar-refractivity contribution in [2.75, 3.05) is 5.32 Å². The third kappa shape index (κ3) is 1.70. The number of hydrogen-bond acceptors (Lipinski definition) is 3. The summed E-state index contributed by atoms with van der Waals surface area (Å²) in [5, 5.41) is 1.99. The van der Waals surface area contributed by atoms with E-state index >= 15 is 0 Å². The summed E-state index contributed by atoms with van der Waals surface area (Å²) >= 11 is 5.51. The molecule has 2 heterocycles. The highest BCUT2D eigenvalue weighted by Gasteiger charge is 2.56. The Kier molecular flexibility index (Phi) is 2.46. The van der Waals surface area contributed by atoms with Crippen molar-refractivity contribution in [2.24, 2.45) is 0 Å². The minimum atomic E-state index is -4.58. The van der Waals surface area contributed by atoms with Gasteiger partial charge in [-0.2, -0.15) is 13.2 Å². The summed E-state index contributed by atoms with van der Waals surface area (Å²) in [6.07, 6.45) is -3.86. The van der Waals surface area contributed by atoms with Crippen molar-refractivity contribution in [2.45, 2.75) is 18.3 Å². The first-order valence-corrected chi connectivity index (χ1v) is 4.93. The maximum absolute atomic E-state index is 12.9. The molecule has 0 spiro atoms. The zero-order valence-corrected chi connectivity index (χ0v) is 9.14. The summed E-state index contributed by atoms with van der Waals surface area (Å²) in [7, 11) is 0. The van der Waals surface area contributed by atoms with Crippen LogP contribution in [-0.4, -0.2) is 21.3 Å². The molecule has 1 atom stereocenters. The number of aromatic nitrogens is 2. The summed E-state index contributed by atoms with van der Waals surface area (Å²) in [5.74, 6) is -0.209. The van der Waals surface area contributed by atoms with E-state index < -0.39 is 23.8 Å². The molecule has 0 aliphatic carbocycles. The van der Waals surface area contributed by atoms with Crippen LogP contribution in [0.3, 0.4) is 0 Å². The summed E-state index contributed by atoms with van der Waals surface area (Å²) in [6.45, 7) is 2.56. The number of nitrogens with one attached hydrogen (secondary N) is 1. The lowest BCUT2D eigenvalue weighted by Crippen LogP contribution is -2.49. The van der Waals surface area contributed by atoms with Crippen molar-refractivity contribution < 1.29 is 13.2 Å². The third-order valence-electron chi connectivity index (χ3n) is 2.57. The van der Waals surface area contributed by atoms with E-state index in [0.717, 1.165) is 16.7 Å². The summed E-state index contributed by atoms with van der Waals surface area (Å²) in [6, 6.07) is 0.961. The maximum atomic E-state index is 12.9. The lowest BCUT2D eigenvalue weighted by atomic mass is 10.0. The van der Waals surface area contributed by atoms with Gasteiger partial charge in [0, 0.05) is 6.07 Å². The highest BCUT2D eigenvalue weighted by atomic mass is 35.5. The van der Waals surface area contributed by atoms with E-state index in [1.165, 1.54) is 0 Å². The van der Waals surface area contributed by atoms with Gasteiger partial charge < -0.3 is 5.32 Å². The Labute approximate surface area is 98.7 Å². The second-order valence-corrected chi connectivity index (χ2v) is 4.01. The van der Waals surface area contributed by atoms with Crippen molar-refractivity contribution in [1.29, 1.82) is 0 Å². The van der Waals surface area contributed by atoms with E-state index in [2.05, 4.69) is 16.9 Å². The van der Waals surface area contributed by atoms with Crippen molar-refractivity contribution in [3.05, 3.63) is 34.2 Å². The Hall–Kier alpha value is -1.50. The van der Waals surface area contributed by atoms with Crippen LogP contribution in [0, 0.1) is 0 Å². The normalized spacial score (nSPS) is 23.1. The topological polar surface area (TPSA) is 46.9 Å². The molecule has 0 radical (unpaired) electrons. The van der Waals surface area contributed by atoms with Crippen molar-refractivity contribution in [1.82, 2.24) is 9.55 Å². The van der Waals surface area contributed by atoms with Crippen LogP contribution in [-0.2, 0) is 6.54 Å². The van der Waals surface area contributed by atoms with Gasteiger partial charge in [-0.3, -0.25) is 9.36 Å². The first kappa shape index (κ1) is 12.0. The molecule has 1 N–H and O–H groups in total. The van der Waals surface area contributed by atoms with Crippen molar-refractivity contribution >= 4 is 17.5 Å². The van der Waals surface area contributed by atoms with Gasteiger partial charge in [-0.05, 0) is 0 Å². The van der Waals surface area contributed by atoms with Gasteiger partial charge in [-0.1, -0.05) is 17.7 Å². The van der Waals surface area contributed by atoms with E-state index in [0.29, 0.717) is 0 Å². The predicted octanol–water partition coefficient (Wildman–Crippen LogP) is 1.81. The fourth-order valence-electron chi connectivity index (χ4n) is 1.61. The number of halogens is 4. The number of fused-ring (bicyclic) bond motifs is 1. The quantitative estimate of drug-likeness (QED) is 0.622. The van der Waals surface area contributed by atoms with E-state index in [4.69, 9.17) is 11.6 Å². The molecule has 0 amide bonds. The van der Waals surface area contributed by atoms with E-state index in [9.17, 15) is 18.0 Å². The van der Waals surface area contributed by atoms with Gasteiger partial charge in [-0.15, -0.1) is 6.58 Å². The Morgan fingerprint density at radius 2 is 2.29 bits per heavy atom. The van der Waals surface area contributed by atoms with Crippen LogP contribution < -0.4 is 10.9 Å². The molecule has 0 unspecified atom stereocenters. The Balaban J connectivity index is 2.55. The lowest BCUT2D eigenvalue weighted by Gasteiger charge is -2.27. The molecule has 1 aliphatic heterocycles. The maximum Gasteiger partial charge on any atom is 0.416 e. The summed E-state index contributed by atoms with van der Waals surface area (Å²) in [5.41, 5.74) is -3.02.